The van der Waals surface area contributed by atoms with E-state index in [9.17, 15) is 5.11 Å². The lowest BCUT2D eigenvalue weighted by molar-refractivity contribution is -0.0738. The van der Waals surface area contributed by atoms with Crippen LogP contribution < -0.4 is 10.5 Å². The Morgan fingerprint density at radius 2 is 2.00 bits per heavy atom. The summed E-state index contributed by atoms with van der Waals surface area (Å²) in [5.74, 6) is 1.02. The van der Waals surface area contributed by atoms with Crippen LogP contribution in [0, 0.1) is 0 Å². The van der Waals surface area contributed by atoms with Crippen molar-refractivity contribution < 1.29 is 14.6 Å². The van der Waals surface area contributed by atoms with Gasteiger partial charge in [-0.3, -0.25) is 0 Å². The van der Waals surface area contributed by atoms with E-state index in [0.29, 0.717) is 67.1 Å². The molecule has 0 amide bonds. The topological polar surface area (TPSA) is 121 Å². The van der Waals surface area contributed by atoms with Gasteiger partial charge >= 0.3 is 0 Å². The molecule has 2 aliphatic rings. The van der Waals surface area contributed by atoms with Crippen molar-refractivity contribution in [1.82, 2.24) is 24.7 Å². The summed E-state index contributed by atoms with van der Waals surface area (Å²) in [6, 6.07) is 9.87. The predicted molar refractivity (Wildman–Crippen MR) is 119 cm³/mol. The molecule has 0 bridgehead atoms. The minimum atomic E-state index is -0.889. The predicted octanol–water partition coefficient (Wildman–Crippen LogP) is 2.71. The van der Waals surface area contributed by atoms with E-state index in [-0.39, 0.29) is 0 Å². The number of nitrogens with zero attached hydrogens (tertiary/aromatic N) is 5. The van der Waals surface area contributed by atoms with Gasteiger partial charge in [0.15, 0.2) is 5.65 Å². The normalized spacial score (nSPS) is 18.3. The SMILES string of the molecule is Nc1ncnc2c1c(-c1ccc3nc(OC4CC4)ccc3c1)nn2CC1(O)CCOCC1. The van der Waals surface area contributed by atoms with E-state index in [4.69, 9.17) is 20.3 Å². The third kappa shape index (κ3) is 3.53. The average molecular weight is 432 g/mol. The molecule has 9 nitrogen and oxygen atoms in total. The second-order valence-corrected chi connectivity index (χ2v) is 8.67. The summed E-state index contributed by atoms with van der Waals surface area (Å²) in [6.07, 6.45) is 5.04. The van der Waals surface area contributed by atoms with Crippen molar-refractivity contribution in [3.05, 3.63) is 36.7 Å². The van der Waals surface area contributed by atoms with Crippen molar-refractivity contribution in [3.8, 4) is 17.1 Å². The fourth-order valence-electron chi connectivity index (χ4n) is 4.21. The van der Waals surface area contributed by atoms with Gasteiger partial charge in [-0.05, 0) is 31.0 Å². The third-order valence-corrected chi connectivity index (χ3v) is 6.18. The number of hydrogen-bond acceptors (Lipinski definition) is 8. The number of hydrogen-bond donors (Lipinski definition) is 2. The smallest absolute Gasteiger partial charge is 0.214 e. The van der Waals surface area contributed by atoms with Gasteiger partial charge in [0.25, 0.3) is 0 Å². The number of fused-ring (bicyclic) bond motifs is 2. The summed E-state index contributed by atoms with van der Waals surface area (Å²) < 4.78 is 13.0. The average Bonchev–Trinajstić information content (AvgIpc) is 3.54. The van der Waals surface area contributed by atoms with Gasteiger partial charge < -0.3 is 20.3 Å². The molecule has 9 heteroatoms. The summed E-state index contributed by atoms with van der Waals surface area (Å²) in [7, 11) is 0. The highest BCUT2D eigenvalue weighted by Gasteiger charge is 2.32. The molecule has 3 aromatic heterocycles. The minimum Gasteiger partial charge on any atom is -0.474 e. The van der Waals surface area contributed by atoms with Crippen LogP contribution in [0.25, 0.3) is 33.2 Å². The molecule has 4 heterocycles. The molecule has 1 aliphatic heterocycles. The molecule has 0 unspecified atom stereocenters. The van der Waals surface area contributed by atoms with Crippen LogP contribution in [0.15, 0.2) is 36.7 Å². The van der Waals surface area contributed by atoms with Crippen LogP contribution in [0.3, 0.4) is 0 Å². The van der Waals surface area contributed by atoms with Crippen LogP contribution in [0.2, 0.25) is 0 Å². The van der Waals surface area contributed by atoms with Crippen LogP contribution in [0.4, 0.5) is 5.82 Å². The molecular weight excluding hydrogens is 408 g/mol. The van der Waals surface area contributed by atoms with E-state index in [1.807, 2.05) is 30.3 Å². The zero-order chi connectivity index (χ0) is 21.7. The monoisotopic (exact) mass is 432 g/mol. The van der Waals surface area contributed by atoms with Crippen molar-refractivity contribution in [1.29, 1.82) is 0 Å². The summed E-state index contributed by atoms with van der Waals surface area (Å²) in [6.45, 7) is 1.38. The summed E-state index contributed by atoms with van der Waals surface area (Å²) in [5.41, 5.74) is 8.40. The molecule has 0 atom stereocenters. The highest BCUT2D eigenvalue weighted by atomic mass is 16.5. The quantitative estimate of drug-likeness (QED) is 0.494. The number of nitrogen functional groups attached to an aromatic ring is 1. The molecule has 2 fully saturated rings. The first-order chi connectivity index (χ1) is 15.6. The van der Waals surface area contributed by atoms with Crippen molar-refractivity contribution >= 4 is 27.8 Å². The van der Waals surface area contributed by atoms with Gasteiger partial charge in [-0.2, -0.15) is 5.10 Å². The maximum absolute atomic E-state index is 11.0. The molecular formula is C23H24N6O3. The first-order valence-corrected chi connectivity index (χ1v) is 10.9. The van der Waals surface area contributed by atoms with Crippen molar-refractivity contribution in [2.45, 2.75) is 43.9 Å². The van der Waals surface area contributed by atoms with Crippen LogP contribution in [0.1, 0.15) is 25.7 Å². The van der Waals surface area contributed by atoms with E-state index >= 15 is 0 Å². The Hall–Kier alpha value is -3.30. The Balaban J connectivity index is 1.41. The van der Waals surface area contributed by atoms with Crippen LogP contribution >= 0.6 is 0 Å². The number of benzene rings is 1. The number of nitrogens with two attached hydrogens (primary N) is 1. The Kier molecular flexibility index (Phi) is 4.48. The molecule has 1 aliphatic carbocycles. The van der Waals surface area contributed by atoms with E-state index in [1.54, 1.807) is 4.68 Å². The van der Waals surface area contributed by atoms with Gasteiger partial charge in [0.05, 0.1) is 23.0 Å². The Morgan fingerprint density at radius 3 is 2.81 bits per heavy atom. The molecule has 1 saturated carbocycles. The summed E-state index contributed by atoms with van der Waals surface area (Å²) in [4.78, 5) is 13.2. The van der Waals surface area contributed by atoms with E-state index < -0.39 is 5.60 Å². The lowest BCUT2D eigenvalue weighted by atomic mass is 9.94. The minimum absolute atomic E-state index is 0.308. The maximum Gasteiger partial charge on any atom is 0.214 e. The fraction of sp³-hybridized carbons (Fsp3) is 0.391. The molecule has 32 heavy (non-hydrogen) atoms. The standard InChI is InChI=1S/C23H24N6O3/c24-21-19-20(15-1-5-17-14(11-15)2-6-18(27-17)32-16-3-4-16)28-29(22(19)26-13-25-21)12-23(30)7-9-31-10-8-23/h1-2,5-6,11,13,16,30H,3-4,7-10,12H2,(H2,24,25,26). The molecule has 3 N–H and O–H groups in total. The van der Waals surface area contributed by atoms with Gasteiger partial charge in [0, 0.05) is 43.1 Å². The largest absolute Gasteiger partial charge is 0.474 e. The summed E-state index contributed by atoms with van der Waals surface area (Å²) >= 11 is 0. The Labute approximate surface area is 184 Å². The second-order valence-electron chi connectivity index (χ2n) is 8.67. The molecule has 0 radical (unpaired) electrons. The van der Waals surface area contributed by atoms with E-state index in [1.165, 1.54) is 6.33 Å². The van der Waals surface area contributed by atoms with E-state index in [2.05, 4.69) is 15.0 Å². The highest BCUT2D eigenvalue weighted by Crippen LogP contribution is 2.34. The van der Waals surface area contributed by atoms with Gasteiger partial charge in [-0.25, -0.2) is 19.6 Å². The Bertz CT molecular complexity index is 1310. The second kappa shape index (κ2) is 7.39. The van der Waals surface area contributed by atoms with Crippen LogP contribution in [-0.4, -0.2) is 54.8 Å². The molecule has 6 rings (SSSR count). The lowest BCUT2D eigenvalue weighted by Gasteiger charge is -2.31. The van der Waals surface area contributed by atoms with Gasteiger partial charge in [-0.1, -0.05) is 6.07 Å². The lowest BCUT2D eigenvalue weighted by Crippen LogP contribution is -2.40. The number of ether oxygens (including phenoxy) is 2. The number of anilines is 1. The number of aliphatic hydroxyl groups is 1. The zero-order valence-electron chi connectivity index (χ0n) is 17.6. The first kappa shape index (κ1) is 19.4. The van der Waals surface area contributed by atoms with Gasteiger partial charge in [0.2, 0.25) is 5.88 Å². The molecule has 0 spiro atoms. The Morgan fingerprint density at radius 1 is 1.16 bits per heavy atom. The van der Waals surface area contributed by atoms with Crippen molar-refractivity contribution in [3.63, 3.8) is 0 Å². The van der Waals surface area contributed by atoms with Gasteiger partial charge in [-0.15, -0.1) is 0 Å². The first-order valence-electron chi connectivity index (χ1n) is 10.9. The molecule has 164 valence electrons. The maximum atomic E-state index is 11.0. The highest BCUT2D eigenvalue weighted by molar-refractivity contribution is 5.99. The third-order valence-electron chi connectivity index (χ3n) is 6.18. The fourth-order valence-corrected chi connectivity index (χ4v) is 4.21. The summed E-state index contributed by atoms with van der Waals surface area (Å²) in [5, 5.41) is 17.5. The van der Waals surface area contributed by atoms with Crippen molar-refractivity contribution in [2.24, 2.45) is 0 Å². The molecule has 1 aromatic carbocycles. The van der Waals surface area contributed by atoms with Crippen LogP contribution in [-0.2, 0) is 11.3 Å². The van der Waals surface area contributed by atoms with Crippen molar-refractivity contribution in [2.75, 3.05) is 18.9 Å². The number of rotatable bonds is 5. The number of aromatic nitrogens is 5. The van der Waals surface area contributed by atoms with Gasteiger partial charge in [0.1, 0.15) is 23.9 Å². The molecule has 4 aromatic rings. The zero-order valence-corrected chi connectivity index (χ0v) is 17.6. The molecule has 1 saturated heterocycles. The number of pyridine rings is 1. The van der Waals surface area contributed by atoms with Crippen LogP contribution in [0.5, 0.6) is 5.88 Å². The van der Waals surface area contributed by atoms with E-state index in [0.717, 1.165) is 29.3 Å².